The van der Waals surface area contributed by atoms with E-state index in [1.165, 1.54) is 13.2 Å². The minimum absolute atomic E-state index is 0.320. The van der Waals surface area contributed by atoms with E-state index in [1.807, 2.05) is 0 Å². The van der Waals surface area contributed by atoms with E-state index in [1.54, 1.807) is 6.07 Å². The lowest BCUT2D eigenvalue weighted by molar-refractivity contribution is -0.148. The third-order valence-electron chi connectivity index (χ3n) is 2.38. The highest BCUT2D eigenvalue weighted by Gasteiger charge is 2.24. The lowest BCUT2D eigenvalue weighted by atomic mass is 10.1. The molecule has 0 radical (unpaired) electrons. The number of methoxy groups -OCH3 is 1. The van der Waals surface area contributed by atoms with Gasteiger partial charge in [-0.2, -0.15) is 0 Å². The first kappa shape index (κ1) is 12.0. The Kier molecular flexibility index (Phi) is 3.40. The van der Waals surface area contributed by atoms with E-state index >= 15 is 0 Å². The van der Waals surface area contributed by atoms with Crippen LogP contribution < -0.4 is 9.47 Å². The predicted octanol–water partition coefficient (Wildman–Crippen LogP) is 1.88. The van der Waals surface area contributed by atoms with Gasteiger partial charge in [-0.1, -0.05) is 11.6 Å². The molecular formula is C11H11ClO5. The summed E-state index contributed by atoms with van der Waals surface area (Å²) in [7, 11) is 1.32. The van der Waals surface area contributed by atoms with Crippen molar-refractivity contribution in [2.75, 3.05) is 20.3 Å². The molecule has 1 atom stereocenters. The van der Waals surface area contributed by atoms with E-state index < -0.39 is 12.1 Å². The molecule has 0 bridgehead atoms. The first-order valence-electron chi connectivity index (χ1n) is 4.98. The van der Waals surface area contributed by atoms with Gasteiger partial charge in [-0.15, -0.1) is 0 Å². The third kappa shape index (κ3) is 2.30. The SMILES string of the molecule is COC(C(=O)O)c1cc(Cl)c2c(c1)OCCO2. The van der Waals surface area contributed by atoms with Crippen molar-refractivity contribution < 1.29 is 24.1 Å². The summed E-state index contributed by atoms with van der Waals surface area (Å²) >= 11 is 6.00. The Morgan fingerprint density at radius 1 is 1.47 bits per heavy atom. The third-order valence-corrected chi connectivity index (χ3v) is 2.66. The number of fused-ring (bicyclic) bond motifs is 1. The minimum Gasteiger partial charge on any atom is -0.486 e. The highest BCUT2D eigenvalue weighted by Crippen LogP contribution is 2.40. The zero-order valence-corrected chi connectivity index (χ0v) is 9.86. The zero-order valence-electron chi connectivity index (χ0n) is 9.10. The van der Waals surface area contributed by atoms with Gasteiger partial charge in [-0.25, -0.2) is 4.79 Å². The average molecular weight is 259 g/mol. The van der Waals surface area contributed by atoms with E-state index in [2.05, 4.69) is 0 Å². The monoisotopic (exact) mass is 258 g/mol. The normalized spacial score (nSPS) is 15.4. The van der Waals surface area contributed by atoms with Crippen molar-refractivity contribution in [3.8, 4) is 11.5 Å². The van der Waals surface area contributed by atoms with Gasteiger partial charge in [0.1, 0.15) is 13.2 Å². The Morgan fingerprint density at radius 2 is 2.18 bits per heavy atom. The molecule has 1 aliphatic heterocycles. The van der Waals surface area contributed by atoms with Crippen LogP contribution in [0.5, 0.6) is 11.5 Å². The summed E-state index contributed by atoms with van der Waals surface area (Å²) in [5, 5.41) is 9.30. The lowest BCUT2D eigenvalue weighted by Gasteiger charge is -2.21. The first-order valence-corrected chi connectivity index (χ1v) is 5.36. The van der Waals surface area contributed by atoms with Crippen LogP contribution in [-0.4, -0.2) is 31.4 Å². The fourth-order valence-corrected chi connectivity index (χ4v) is 1.94. The van der Waals surface area contributed by atoms with Gasteiger partial charge in [0, 0.05) is 7.11 Å². The maximum Gasteiger partial charge on any atom is 0.337 e. The Bertz CT molecular complexity index is 446. The summed E-state index contributed by atoms with van der Waals surface area (Å²) < 4.78 is 15.6. The van der Waals surface area contributed by atoms with Crippen molar-refractivity contribution in [2.45, 2.75) is 6.10 Å². The Balaban J connectivity index is 2.42. The molecule has 5 nitrogen and oxygen atoms in total. The van der Waals surface area contributed by atoms with Crippen LogP contribution in [-0.2, 0) is 9.53 Å². The van der Waals surface area contributed by atoms with Gasteiger partial charge in [-0.3, -0.25) is 0 Å². The molecule has 0 spiro atoms. The van der Waals surface area contributed by atoms with Crippen molar-refractivity contribution in [2.24, 2.45) is 0 Å². The molecule has 0 aliphatic carbocycles. The lowest BCUT2D eigenvalue weighted by Crippen LogP contribution is -2.18. The number of carboxylic acids is 1. The van der Waals surface area contributed by atoms with E-state index in [0.717, 1.165) is 0 Å². The second-order valence-electron chi connectivity index (χ2n) is 3.48. The van der Waals surface area contributed by atoms with Crippen molar-refractivity contribution in [1.82, 2.24) is 0 Å². The topological polar surface area (TPSA) is 65.0 Å². The number of aliphatic carboxylic acids is 1. The van der Waals surface area contributed by atoms with Crippen LogP contribution in [0.2, 0.25) is 5.02 Å². The number of ether oxygens (including phenoxy) is 3. The van der Waals surface area contributed by atoms with Crippen molar-refractivity contribution in [3.05, 3.63) is 22.7 Å². The molecular weight excluding hydrogens is 248 g/mol. The first-order chi connectivity index (χ1) is 8.13. The van der Waals surface area contributed by atoms with Gasteiger partial charge in [0.25, 0.3) is 0 Å². The van der Waals surface area contributed by atoms with Gasteiger partial charge < -0.3 is 19.3 Å². The smallest absolute Gasteiger partial charge is 0.337 e. The van der Waals surface area contributed by atoms with Gasteiger partial charge in [0.05, 0.1) is 5.02 Å². The summed E-state index contributed by atoms with van der Waals surface area (Å²) in [5.41, 5.74) is 0.425. The Hall–Kier alpha value is -1.46. The highest BCUT2D eigenvalue weighted by atomic mass is 35.5. The number of halogens is 1. The fraction of sp³-hybridized carbons (Fsp3) is 0.364. The summed E-state index contributed by atoms with van der Waals surface area (Å²) in [6, 6.07) is 3.08. The molecule has 0 saturated heterocycles. The Labute approximate surface area is 103 Å². The van der Waals surface area contributed by atoms with Crippen LogP contribution in [0.1, 0.15) is 11.7 Å². The molecule has 1 unspecified atom stereocenters. The van der Waals surface area contributed by atoms with E-state index in [4.69, 9.17) is 30.9 Å². The average Bonchev–Trinajstić information content (AvgIpc) is 2.29. The summed E-state index contributed by atoms with van der Waals surface area (Å²) in [6.45, 7) is 0.843. The molecule has 1 N–H and O–H groups in total. The van der Waals surface area contributed by atoms with Gasteiger partial charge in [0.15, 0.2) is 17.6 Å². The van der Waals surface area contributed by atoms with Gasteiger partial charge in [-0.05, 0) is 17.7 Å². The molecule has 92 valence electrons. The van der Waals surface area contributed by atoms with Crippen molar-refractivity contribution in [3.63, 3.8) is 0 Å². The number of carbonyl (C=O) groups is 1. The van der Waals surface area contributed by atoms with Crippen LogP contribution in [0.4, 0.5) is 0 Å². The second kappa shape index (κ2) is 4.81. The Morgan fingerprint density at radius 3 is 2.82 bits per heavy atom. The quantitative estimate of drug-likeness (QED) is 0.897. The maximum atomic E-state index is 11.0. The molecule has 1 aromatic carbocycles. The van der Waals surface area contributed by atoms with Crippen LogP contribution in [0.25, 0.3) is 0 Å². The fourth-order valence-electron chi connectivity index (χ4n) is 1.66. The van der Waals surface area contributed by atoms with Crippen LogP contribution in [0, 0.1) is 0 Å². The number of rotatable bonds is 3. The van der Waals surface area contributed by atoms with Crippen LogP contribution in [0.15, 0.2) is 12.1 Å². The molecule has 17 heavy (non-hydrogen) atoms. The molecule has 1 aromatic rings. The number of hydrogen-bond acceptors (Lipinski definition) is 4. The van der Waals surface area contributed by atoms with Gasteiger partial charge in [0.2, 0.25) is 0 Å². The molecule has 0 aromatic heterocycles. The maximum absolute atomic E-state index is 11.0. The molecule has 6 heteroatoms. The number of benzene rings is 1. The summed E-state index contributed by atoms with van der Waals surface area (Å²) in [5.74, 6) is -0.191. The van der Waals surface area contributed by atoms with Crippen LogP contribution >= 0.6 is 11.6 Å². The van der Waals surface area contributed by atoms with E-state index in [9.17, 15) is 4.79 Å². The largest absolute Gasteiger partial charge is 0.486 e. The molecule has 2 rings (SSSR count). The molecule has 1 heterocycles. The van der Waals surface area contributed by atoms with E-state index in [0.29, 0.717) is 35.3 Å². The summed E-state index contributed by atoms with van der Waals surface area (Å²) in [6.07, 6.45) is -1.07. The molecule has 1 aliphatic rings. The second-order valence-corrected chi connectivity index (χ2v) is 3.89. The number of hydrogen-bond donors (Lipinski definition) is 1. The molecule has 0 fully saturated rings. The molecule has 0 saturated carbocycles. The number of carboxylic acid groups (broad SMARTS) is 1. The van der Waals surface area contributed by atoms with Crippen LogP contribution in [0.3, 0.4) is 0 Å². The predicted molar refractivity (Wildman–Crippen MR) is 59.8 cm³/mol. The molecule has 0 amide bonds. The highest BCUT2D eigenvalue weighted by molar-refractivity contribution is 6.32. The summed E-state index contributed by atoms with van der Waals surface area (Å²) in [4.78, 5) is 11.0. The van der Waals surface area contributed by atoms with Crippen molar-refractivity contribution >= 4 is 17.6 Å². The van der Waals surface area contributed by atoms with Gasteiger partial charge >= 0.3 is 5.97 Å². The zero-order chi connectivity index (χ0) is 12.4. The standard InChI is InChI=1S/C11H11ClO5/c1-15-9(11(13)14)6-4-7(12)10-8(5-6)16-2-3-17-10/h4-5,9H,2-3H2,1H3,(H,13,14). The van der Waals surface area contributed by atoms with E-state index in [-0.39, 0.29) is 0 Å². The van der Waals surface area contributed by atoms with Crippen molar-refractivity contribution in [1.29, 1.82) is 0 Å². The minimum atomic E-state index is -1.08.